The lowest BCUT2D eigenvalue weighted by Crippen LogP contribution is -2.21. The van der Waals surface area contributed by atoms with Crippen LogP contribution < -0.4 is 5.32 Å². The first-order valence-electron chi connectivity index (χ1n) is 7.89. The van der Waals surface area contributed by atoms with Crippen LogP contribution in [-0.4, -0.2) is 22.3 Å². The van der Waals surface area contributed by atoms with Gasteiger partial charge in [-0.3, -0.25) is 5.32 Å². The molecule has 0 spiro atoms. The Kier molecular flexibility index (Phi) is 7.44. The maximum atomic E-state index is 12.3. The zero-order valence-electron chi connectivity index (χ0n) is 14.2. The van der Waals surface area contributed by atoms with Crippen molar-refractivity contribution >= 4 is 49.6 Å². The Morgan fingerprint density at radius 3 is 2.48 bits per heavy atom. The molecule has 0 aliphatic carbocycles. The maximum Gasteiger partial charge on any atom is 0.412 e. The third-order valence-corrected chi connectivity index (χ3v) is 4.70. The molecule has 0 aliphatic rings. The molecule has 0 aliphatic heterocycles. The van der Waals surface area contributed by atoms with Gasteiger partial charge in [0.25, 0.3) is 0 Å². The van der Waals surface area contributed by atoms with E-state index in [9.17, 15) is 14.7 Å². The van der Waals surface area contributed by atoms with E-state index in [4.69, 9.17) is 9.84 Å². The van der Waals surface area contributed by atoms with Gasteiger partial charge < -0.3 is 14.9 Å². The second-order valence-corrected chi connectivity index (χ2v) is 7.47. The van der Waals surface area contributed by atoms with E-state index >= 15 is 0 Å². The Morgan fingerprint density at radius 2 is 1.85 bits per heavy atom. The van der Waals surface area contributed by atoms with Gasteiger partial charge in [0.2, 0.25) is 0 Å². The standard InChI is InChI=1S/C19H17Br2NO5/c1-11(7-8-16(23)24)18(14-9-12(20)10-15(21)17(14)25)27-19(26)22-13-5-3-2-4-6-13/h2-11,18,25H,1H3,(H,22,26)(H,23,24)/b8-7+/t11-,18-/m0/s1. The zero-order valence-corrected chi connectivity index (χ0v) is 17.4. The first-order valence-corrected chi connectivity index (χ1v) is 9.48. The molecule has 2 aromatic carbocycles. The number of carbonyl (C=O) groups excluding carboxylic acids is 1. The smallest absolute Gasteiger partial charge is 0.412 e. The summed E-state index contributed by atoms with van der Waals surface area (Å²) >= 11 is 6.59. The molecule has 8 heteroatoms. The lowest BCUT2D eigenvalue weighted by Gasteiger charge is -2.24. The topological polar surface area (TPSA) is 95.9 Å². The molecule has 6 nitrogen and oxygen atoms in total. The molecule has 0 fully saturated rings. The summed E-state index contributed by atoms with van der Waals surface area (Å²) in [7, 11) is 0. The number of aromatic hydroxyl groups is 1. The van der Waals surface area contributed by atoms with Crippen molar-refractivity contribution in [2.45, 2.75) is 13.0 Å². The number of phenols is 1. The third kappa shape index (κ3) is 6.11. The van der Waals surface area contributed by atoms with Crippen molar-refractivity contribution in [1.82, 2.24) is 0 Å². The van der Waals surface area contributed by atoms with Crippen LogP contribution in [0, 0.1) is 5.92 Å². The molecule has 2 atom stereocenters. The largest absolute Gasteiger partial charge is 0.506 e. The number of anilines is 1. The number of carboxylic acids is 1. The van der Waals surface area contributed by atoms with Gasteiger partial charge in [0.1, 0.15) is 11.9 Å². The predicted octanol–water partition coefficient (Wildman–Crippen LogP) is 5.48. The van der Waals surface area contributed by atoms with Crippen LogP contribution in [0.4, 0.5) is 10.5 Å². The fourth-order valence-corrected chi connectivity index (χ4v) is 3.63. The van der Waals surface area contributed by atoms with Gasteiger partial charge in [0, 0.05) is 27.7 Å². The summed E-state index contributed by atoms with van der Waals surface area (Å²) in [5, 5.41) is 21.9. The van der Waals surface area contributed by atoms with Crippen LogP contribution >= 0.6 is 31.9 Å². The Bertz CT molecular complexity index is 855. The molecule has 0 saturated carbocycles. The minimum absolute atomic E-state index is 0.0914. The van der Waals surface area contributed by atoms with E-state index in [-0.39, 0.29) is 5.75 Å². The molecule has 3 N–H and O–H groups in total. The normalized spacial score (nSPS) is 13.1. The van der Waals surface area contributed by atoms with Crippen LogP contribution in [0.25, 0.3) is 0 Å². The molecule has 0 heterocycles. The molecule has 1 amide bonds. The number of hydrogen-bond donors (Lipinski definition) is 3. The van der Waals surface area contributed by atoms with E-state index in [2.05, 4.69) is 37.2 Å². The number of nitrogens with one attached hydrogen (secondary N) is 1. The van der Waals surface area contributed by atoms with Crippen molar-refractivity contribution in [2.75, 3.05) is 5.32 Å². The summed E-state index contributed by atoms with van der Waals surface area (Å²) in [6.07, 6.45) is 0.729. The van der Waals surface area contributed by atoms with Gasteiger partial charge in [-0.05, 0) is 40.2 Å². The molecular formula is C19H17Br2NO5. The molecule has 0 saturated heterocycles. The highest BCUT2D eigenvalue weighted by atomic mass is 79.9. The van der Waals surface area contributed by atoms with E-state index in [1.165, 1.54) is 6.08 Å². The molecule has 2 aromatic rings. The molecule has 142 valence electrons. The number of hydrogen-bond acceptors (Lipinski definition) is 4. The monoisotopic (exact) mass is 497 g/mol. The Labute approximate surface area is 173 Å². The van der Waals surface area contributed by atoms with Crippen molar-refractivity contribution in [3.63, 3.8) is 0 Å². The summed E-state index contributed by atoms with van der Waals surface area (Å²) in [6.45, 7) is 1.69. The molecule has 0 aromatic heterocycles. The number of amides is 1. The van der Waals surface area contributed by atoms with Crippen LogP contribution in [0.3, 0.4) is 0 Å². The Morgan fingerprint density at radius 1 is 1.19 bits per heavy atom. The molecule has 0 bridgehead atoms. The van der Waals surface area contributed by atoms with Crippen LogP contribution in [0.1, 0.15) is 18.6 Å². The Balaban J connectivity index is 2.32. The third-order valence-electron chi connectivity index (χ3n) is 3.64. The van der Waals surface area contributed by atoms with E-state index in [0.29, 0.717) is 20.2 Å². The van der Waals surface area contributed by atoms with Gasteiger partial charge in [-0.1, -0.05) is 47.1 Å². The number of rotatable bonds is 6. The van der Waals surface area contributed by atoms with Crippen molar-refractivity contribution in [2.24, 2.45) is 5.92 Å². The first-order chi connectivity index (χ1) is 12.8. The van der Waals surface area contributed by atoms with Crippen molar-refractivity contribution in [3.8, 4) is 5.75 Å². The van der Waals surface area contributed by atoms with E-state index in [0.717, 1.165) is 6.08 Å². The summed E-state index contributed by atoms with van der Waals surface area (Å²) < 4.78 is 6.61. The number of aliphatic carboxylic acids is 1. The van der Waals surface area contributed by atoms with E-state index in [1.54, 1.807) is 43.3 Å². The van der Waals surface area contributed by atoms with Gasteiger partial charge in [0.15, 0.2) is 0 Å². The van der Waals surface area contributed by atoms with Crippen LogP contribution in [0.2, 0.25) is 0 Å². The highest BCUT2D eigenvalue weighted by Crippen LogP contribution is 2.40. The molecule has 27 heavy (non-hydrogen) atoms. The fraction of sp³-hybridized carbons (Fsp3) is 0.158. The summed E-state index contributed by atoms with van der Waals surface area (Å²) in [4.78, 5) is 23.2. The summed E-state index contributed by atoms with van der Waals surface area (Å²) in [5.74, 6) is -1.73. The number of halogens is 2. The van der Waals surface area contributed by atoms with Crippen LogP contribution in [-0.2, 0) is 9.53 Å². The van der Waals surface area contributed by atoms with E-state index < -0.39 is 24.1 Å². The highest BCUT2D eigenvalue weighted by Gasteiger charge is 2.26. The Hall–Kier alpha value is -2.32. The maximum absolute atomic E-state index is 12.3. The van der Waals surface area contributed by atoms with Gasteiger partial charge in [0.05, 0.1) is 4.47 Å². The molecule has 0 radical (unpaired) electrons. The van der Waals surface area contributed by atoms with Gasteiger partial charge in [-0.25, -0.2) is 9.59 Å². The highest BCUT2D eigenvalue weighted by molar-refractivity contribution is 9.11. The number of ether oxygens (including phenoxy) is 1. The van der Waals surface area contributed by atoms with Gasteiger partial charge in [-0.15, -0.1) is 0 Å². The lowest BCUT2D eigenvalue weighted by molar-refractivity contribution is -0.131. The second-order valence-electron chi connectivity index (χ2n) is 5.70. The molecule has 2 rings (SSSR count). The van der Waals surface area contributed by atoms with Crippen LogP contribution in [0.5, 0.6) is 5.75 Å². The average molecular weight is 499 g/mol. The minimum Gasteiger partial charge on any atom is -0.506 e. The quantitative estimate of drug-likeness (QED) is 0.458. The minimum atomic E-state index is -1.12. The van der Waals surface area contributed by atoms with Crippen molar-refractivity contribution < 1.29 is 24.5 Å². The van der Waals surface area contributed by atoms with E-state index in [1.807, 2.05) is 6.07 Å². The lowest BCUT2D eigenvalue weighted by atomic mass is 9.96. The number of benzene rings is 2. The SMILES string of the molecule is C[C@@H](/C=C/C(=O)O)[C@H](OC(=O)Nc1ccccc1)c1cc(Br)cc(Br)c1O. The van der Waals surface area contributed by atoms with Gasteiger partial charge >= 0.3 is 12.1 Å². The van der Waals surface area contributed by atoms with Crippen LogP contribution in [0.15, 0.2) is 63.6 Å². The van der Waals surface area contributed by atoms with Crippen molar-refractivity contribution in [3.05, 3.63) is 69.1 Å². The number of carboxylic acid groups (broad SMARTS) is 1. The number of phenolic OH excluding ortho intramolecular Hbond substituents is 1. The summed E-state index contributed by atoms with van der Waals surface area (Å²) in [6, 6.07) is 12.0. The molecular weight excluding hydrogens is 482 g/mol. The molecule has 0 unspecified atom stereocenters. The first kappa shape index (κ1) is 21.0. The summed E-state index contributed by atoms with van der Waals surface area (Å²) in [5.41, 5.74) is 0.886. The van der Waals surface area contributed by atoms with Gasteiger partial charge in [-0.2, -0.15) is 0 Å². The second kappa shape index (κ2) is 9.57. The average Bonchev–Trinajstić information content (AvgIpc) is 2.61. The predicted molar refractivity (Wildman–Crippen MR) is 109 cm³/mol. The number of para-hydroxylation sites is 1. The zero-order chi connectivity index (χ0) is 20.0. The number of carbonyl (C=O) groups is 2. The van der Waals surface area contributed by atoms with Crippen molar-refractivity contribution in [1.29, 1.82) is 0 Å². The fourth-order valence-electron chi connectivity index (χ4n) is 2.38.